The van der Waals surface area contributed by atoms with E-state index in [1.165, 1.54) is 5.56 Å². The minimum atomic E-state index is -0.0557. The number of nitrogens with zero attached hydrogens (tertiary/aromatic N) is 3. The fourth-order valence-corrected chi connectivity index (χ4v) is 3.12. The van der Waals surface area contributed by atoms with Crippen molar-refractivity contribution < 1.29 is 9.68 Å². The molecule has 0 aliphatic carbocycles. The molecule has 2 heterocycles. The maximum absolute atomic E-state index is 10.0. The lowest BCUT2D eigenvalue weighted by Gasteiger charge is -2.00. The van der Waals surface area contributed by atoms with Crippen LogP contribution in [0.1, 0.15) is 16.8 Å². The van der Waals surface area contributed by atoms with Crippen molar-refractivity contribution in [2.24, 2.45) is 7.05 Å². The summed E-state index contributed by atoms with van der Waals surface area (Å²) in [6.07, 6.45) is 4.02. The fourth-order valence-electron chi connectivity index (χ4n) is 3.12. The monoisotopic (exact) mass is 331 g/mol. The van der Waals surface area contributed by atoms with Crippen molar-refractivity contribution in [3.05, 3.63) is 71.4 Å². The summed E-state index contributed by atoms with van der Waals surface area (Å²) in [5.74, 6) is 0.233. The van der Waals surface area contributed by atoms with Gasteiger partial charge in [0, 0.05) is 18.7 Å². The molecule has 0 spiro atoms. The number of aromatic hydroxyl groups is 1. The van der Waals surface area contributed by atoms with E-state index in [1.54, 1.807) is 11.6 Å². The van der Waals surface area contributed by atoms with Gasteiger partial charge in [-0.15, -0.1) is 0 Å². The molecular formula is C20H19N4O+. The molecule has 1 aliphatic heterocycles. The summed E-state index contributed by atoms with van der Waals surface area (Å²) in [6, 6.07) is 18.6. The summed E-state index contributed by atoms with van der Waals surface area (Å²) in [7, 11) is 1.79. The van der Waals surface area contributed by atoms with Crippen LogP contribution in [0.2, 0.25) is 0 Å². The normalized spacial score (nSPS) is 14.6. The van der Waals surface area contributed by atoms with Crippen LogP contribution < -0.4 is 5.73 Å². The van der Waals surface area contributed by atoms with Crippen molar-refractivity contribution in [1.29, 1.82) is 0 Å². The molecule has 3 N–H and O–H groups in total. The van der Waals surface area contributed by atoms with E-state index in [-0.39, 0.29) is 11.8 Å². The molecule has 5 heteroatoms. The predicted octanol–water partition coefficient (Wildman–Crippen LogP) is 3.18. The maximum Gasteiger partial charge on any atom is 0.238 e. The van der Waals surface area contributed by atoms with Crippen LogP contribution in [0.5, 0.6) is 5.88 Å². The predicted molar refractivity (Wildman–Crippen MR) is 99.7 cm³/mol. The van der Waals surface area contributed by atoms with Gasteiger partial charge in [-0.3, -0.25) is 0 Å². The van der Waals surface area contributed by atoms with Crippen molar-refractivity contribution in [3.63, 3.8) is 0 Å². The lowest BCUT2D eigenvalue weighted by Crippen LogP contribution is -2.03. The number of imidazole rings is 1. The molecule has 0 atom stereocenters. The molecule has 0 unspecified atom stereocenters. The van der Waals surface area contributed by atoms with E-state index < -0.39 is 0 Å². The molecule has 0 radical (unpaired) electrons. The largest absolute Gasteiger partial charge is 0.492 e. The van der Waals surface area contributed by atoms with Crippen molar-refractivity contribution in [1.82, 2.24) is 9.55 Å². The first-order chi connectivity index (χ1) is 12.1. The lowest BCUT2D eigenvalue weighted by molar-refractivity contribution is -0.449. The molecule has 4 rings (SSSR count). The molecule has 1 aliphatic rings. The Morgan fingerprint density at radius 1 is 1.12 bits per heavy atom. The molecule has 5 nitrogen and oxygen atoms in total. The van der Waals surface area contributed by atoms with Crippen LogP contribution in [0.25, 0.3) is 11.6 Å². The quantitative estimate of drug-likeness (QED) is 0.724. The second-order valence-corrected chi connectivity index (χ2v) is 6.10. The molecule has 0 bridgehead atoms. The van der Waals surface area contributed by atoms with Gasteiger partial charge in [0.25, 0.3) is 0 Å². The fraction of sp³-hybridized carbons (Fsp3) is 0.100. The molecular weight excluding hydrogens is 312 g/mol. The third-order valence-corrected chi connectivity index (χ3v) is 4.46. The number of hydrogen-bond donors (Lipinski definition) is 2. The molecule has 0 fully saturated rings. The Labute approximate surface area is 146 Å². The second-order valence-electron chi connectivity index (χ2n) is 6.10. The third-order valence-electron chi connectivity index (χ3n) is 4.46. The van der Waals surface area contributed by atoms with E-state index in [4.69, 9.17) is 5.73 Å². The molecule has 3 aromatic rings. The average molecular weight is 331 g/mol. The Balaban J connectivity index is 1.79. The molecule has 0 amide bonds. The Hall–Kier alpha value is -3.34. The zero-order chi connectivity index (χ0) is 17.4. The summed E-state index contributed by atoms with van der Waals surface area (Å²) >= 11 is 0. The second kappa shape index (κ2) is 5.94. The number of anilines is 1. The Kier molecular flexibility index (Phi) is 3.61. The number of rotatable bonds is 3. The van der Waals surface area contributed by atoms with Crippen molar-refractivity contribution >= 4 is 29.5 Å². The molecule has 0 saturated heterocycles. The summed E-state index contributed by atoms with van der Waals surface area (Å²) in [5.41, 5.74) is 10.9. The lowest BCUT2D eigenvalue weighted by atomic mass is 10.1. The minimum Gasteiger partial charge on any atom is -0.492 e. The van der Waals surface area contributed by atoms with E-state index in [0.29, 0.717) is 5.69 Å². The van der Waals surface area contributed by atoms with Gasteiger partial charge in [-0.25, -0.2) is 0 Å². The van der Waals surface area contributed by atoms with E-state index in [1.807, 2.05) is 36.4 Å². The highest BCUT2D eigenvalue weighted by atomic mass is 16.3. The van der Waals surface area contributed by atoms with Gasteiger partial charge in [0.1, 0.15) is 5.69 Å². The molecule has 124 valence electrons. The molecule has 1 aromatic heterocycles. The first-order valence-electron chi connectivity index (χ1n) is 8.11. The Morgan fingerprint density at radius 3 is 2.56 bits per heavy atom. The zero-order valence-electron chi connectivity index (χ0n) is 13.9. The van der Waals surface area contributed by atoms with Gasteiger partial charge in [0.2, 0.25) is 17.5 Å². The molecule has 2 aromatic carbocycles. The van der Waals surface area contributed by atoms with Crippen molar-refractivity contribution in [3.8, 4) is 5.88 Å². The van der Waals surface area contributed by atoms with Gasteiger partial charge in [-0.05, 0) is 12.1 Å². The van der Waals surface area contributed by atoms with Crippen LogP contribution in [0.15, 0.2) is 54.6 Å². The first kappa shape index (κ1) is 15.2. The van der Waals surface area contributed by atoms with Gasteiger partial charge in [-0.1, -0.05) is 42.5 Å². The number of para-hydroxylation sites is 1. The topological polar surface area (TPSA) is 67.1 Å². The van der Waals surface area contributed by atoms with E-state index >= 15 is 0 Å². The SMILES string of the molecule is Cn1c(N)nc(O)c1/C=C1\C=[N+](Cc2ccccc2)c2ccccc21. The molecule has 25 heavy (non-hydrogen) atoms. The average Bonchev–Trinajstić information content (AvgIpc) is 3.08. The number of aromatic nitrogens is 2. The highest BCUT2D eigenvalue weighted by molar-refractivity contribution is 6.17. The highest BCUT2D eigenvalue weighted by Gasteiger charge is 2.26. The summed E-state index contributed by atoms with van der Waals surface area (Å²) < 4.78 is 3.89. The van der Waals surface area contributed by atoms with E-state index in [0.717, 1.165) is 23.4 Å². The molecule has 0 saturated carbocycles. The van der Waals surface area contributed by atoms with Gasteiger partial charge in [0.05, 0.1) is 11.1 Å². The number of nitrogens with two attached hydrogens (primary N) is 1. The van der Waals surface area contributed by atoms with Gasteiger partial charge in [0.15, 0.2) is 12.8 Å². The zero-order valence-corrected chi connectivity index (χ0v) is 13.9. The number of hydrogen-bond acceptors (Lipinski definition) is 3. The Morgan fingerprint density at radius 2 is 1.84 bits per heavy atom. The van der Waals surface area contributed by atoms with Crippen molar-refractivity contribution in [2.45, 2.75) is 6.54 Å². The van der Waals surface area contributed by atoms with Gasteiger partial charge >= 0.3 is 0 Å². The van der Waals surface area contributed by atoms with E-state index in [9.17, 15) is 5.11 Å². The highest BCUT2D eigenvalue weighted by Crippen LogP contribution is 2.34. The Bertz CT molecular complexity index is 1000. The summed E-state index contributed by atoms with van der Waals surface area (Å²) in [5, 5.41) is 10.0. The van der Waals surface area contributed by atoms with Crippen LogP contribution in [-0.4, -0.2) is 25.4 Å². The standard InChI is InChI=1S/C20H18N4O/c1-23-18(19(25)22-20(23)21)11-15-13-24(12-14-7-3-2-4-8-14)17-10-6-5-9-16(15)17/h2-11,13H,12H2,1H3,(H2,21,22,25)/p+1. The summed E-state index contributed by atoms with van der Waals surface area (Å²) in [4.78, 5) is 3.92. The number of nitrogen functional groups attached to an aromatic ring is 1. The summed E-state index contributed by atoms with van der Waals surface area (Å²) in [6.45, 7) is 0.786. The van der Waals surface area contributed by atoms with E-state index in [2.05, 4.69) is 40.0 Å². The van der Waals surface area contributed by atoms with Crippen LogP contribution in [0.3, 0.4) is 0 Å². The van der Waals surface area contributed by atoms with Gasteiger partial charge < -0.3 is 15.4 Å². The van der Waals surface area contributed by atoms with Crippen LogP contribution in [0.4, 0.5) is 11.6 Å². The number of fused-ring (bicyclic) bond motifs is 1. The van der Waals surface area contributed by atoms with Crippen LogP contribution in [0, 0.1) is 0 Å². The third kappa shape index (κ3) is 2.70. The van der Waals surface area contributed by atoms with Crippen LogP contribution in [-0.2, 0) is 13.6 Å². The van der Waals surface area contributed by atoms with Gasteiger partial charge in [-0.2, -0.15) is 9.56 Å². The minimum absolute atomic E-state index is 0.0557. The van der Waals surface area contributed by atoms with Crippen LogP contribution >= 0.6 is 0 Å². The number of benzene rings is 2. The smallest absolute Gasteiger partial charge is 0.238 e. The number of allylic oxidation sites excluding steroid dienone is 1. The maximum atomic E-state index is 10.0. The first-order valence-corrected chi connectivity index (χ1v) is 8.11. The van der Waals surface area contributed by atoms with Crippen molar-refractivity contribution in [2.75, 3.05) is 5.73 Å².